The third-order valence-corrected chi connectivity index (χ3v) is 3.91. The van der Waals surface area contributed by atoms with Gasteiger partial charge >= 0.3 is 0 Å². The first-order valence-corrected chi connectivity index (χ1v) is 6.18. The lowest BCUT2D eigenvalue weighted by Gasteiger charge is -2.18. The van der Waals surface area contributed by atoms with Gasteiger partial charge in [-0.3, -0.25) is 0 Å². The predicted octanol–water partition coefficient (Wildman–Crippen LogP) is 2.93. The largest absolute Gasteiger partial charge is 0.508 e. The van der Waals surface area contributed by atoms with Gasteiger partial charge in [0.25, 0.3) is 0 Å². The Labute approximate surface area is 101 Å². The van der Waals surface area contributed by atoms with Crippen LogP contribution in [0.15, 0.2) is 36.4 Å². The van der Waals surface area contributed by atoms with E-state index in [9.17, 15) is 5.11 Å². The summed E-state index contributed by atoms with van der Waals surface area (Å²) in [6.45, 7) is 0.683. The van der Waals surface area contributed by atoms with E-state index in [2.05, 4.69) is 12.1 Å². The van der Waals surface area contributed by atoms with Gasteiger partial charge in [0, 0.05) is 11.0 Å². The lowest BCUT2D eigenvalue weighted by molar-refractivity contribution is 0.457. The summed E-state index contributed by atoms with van der Waals surface area (Å²) < 4.78 is 0. The Hall–Kier alpha value is -1.54. The normalized spacial score (nSPS) is 17.2. The van der Waals surface area contributed by atoms with E-state index < -0.39 is 0 Å². The number of phenols is 1. The van der Waals surface area contributed by atoms with Crippen LogP contribution in [0.5, 0.6) is 5.75 Å². The number of nitrogens with two attached hydrogens (primary N) is 1. The van der Waals surface area contributed by atoms with E-state index in [4.69, 9.17) is 5.73 Å². The third-order valence-electron chi connectivity index (χ3n) is 3.91. The van der Waals surface area contributed by atoms with E-state index in [1.807, 2.05) is 24.3 Å². The fourth-order valence-electron chi connectivity index (χ4n) is 2.87. The van der Waals surface area contributed by atoms with Crippen molar-refractivity contribution in [3.63, 3.8) is 0 Å². The fraction of sp³-hybridized carbons (Fsp3) is 0.333. The molecule has 2 nitrogen and oxygen atoms in total. The van der Waals surface area contributed by atoms with Crippen LogP contribution in [-0.4, -0.2) is 11.7 Å². The Balaban J connectivity index is 2.24. The van der Waals surface area contributed by atoms with Gasteiger partial charge in [-0.15, -0.1) is 0 Å². The first-order chi connectivity index (χ1) is 8.27. The molecule has 0 bridgehead atoms. The molecule has 1 aliphatic carbocycles. The molecule has 2 heteroatoms. The van der Waals surface area contributed by atoms with E-state index in [0.717, 1.165) is 24.8 Å². The molecule has 0 aliphatic heterocycles. The second kappa shape index (κ2) is 3.74. The molecule has 0 heterocycles. The summed E-state index contributed by atoms with van der Waals surface area (Å²) >= 11 is 0. The zero-order chi connectivity index (χ0) is 11.9. The molecule has 17 heavy (non-hydrogen) atoms. The van der Waals surface area contributed by atoms with Gasteiger partial charge < -0.3 is 10.8 Å². The summed E-state index contributed by atoms with van der Waals surface area (Å²) in [4.78, 5) is 0. The standard InChI is InChI=1S/C15H17NO/c16-10-9-15(7-8-15)14-12-4-2-1-3-11(12)5-6-13(14)17/h1-6,17H,7-10,16H2. The van der Waals surface area contributed by atoms with Gasteiger partial charge in [0.1, 0.15) is 5.75 Å². The summed E-state index contributed by atoms with van der Waals surface area (Å²) in [5.74, 6) is 0.426. The van der Waals surface area contributed by atoms with E-state index in [-0.39, 0.29) is 5.41 Å². The van der Waals surface area contributed by atoms with Crippen LogP contribution in [0.25, 0.3) is 10.8 Å². The van der Waals surface area contributed by atoms with Crippen LogP contribution in [0, 0.1) is 0 Å². The van der Waals surface area contributed by atoms with Gasteiger partial charge in [0.05, 0.1) is 0 Å². The van der Waals surface area contributed by atoms with Gasteiger partial charge in [0.2, 0.25) is 0 Å². The molecule has 0 aromatic heterocycles. The lowest BCUT2D eigenvalue weighted by Crippen LogP contribution is -2.14. The van der Waals surface area contributed by atoms with E-state index in [0.29, 0.717) is 12.3 Å². The highest BCUT2D eigenvalue weighted by Crippen LogP contribution is 2.55. The topological polar surface area (TPSA) is 46.2 Å². The maximum Gasteiger partial charge on any atom is 0.119 e. The molecule has 0 unspecified atom stereocenters. The Morgan fingerprint density at radius 3 is 2.59 bits per heavy atom. The van der Waals surface area contributed by atoms with Gasteiger partial charge in [-0.25, -0.2) is 0 Å². The SMILES string of the molecule is NCCC1(c2c(O)ccc3ccccc23)CC1. The second-order valence-corrected chi connectivity index (χ2v) is 5.00. The number of rotatable bonds is 3. The number of aromatic hydroxyl groups is 1. The van der Waals surface area contributed by atoms with Gasteiger partial charge in [-0.05, 0) is 42.6 Å². The Morgan fingerprint density at radius 1 is 1.12 bits per heavy atom. The van der Waals surface area contributed by atoms with Crippen molar-refractivity contribution in [1.29, 1.82) is 0 Å². The molecular weight excluding hydrogens is 210 g/mol. The van der Waals surface area contributed by atoms with Crippen LogP contribution < -0.4 is 5.73 Å². The molecule has 1 aliphatic rings. The monoisotopic (exact) mass is 227 g/mol. The van der Waals surface area contributed by atoms with Crippen molar-refractivity contribution in [2.75, 3.05) is 6.54 Å². The smallest absolute Gasteiger partial charge is 0.119 e. The molecule has 0 radical (unpaired) electrons. The Morgan fingerprint density at radius 2 is 1.88 bits per heavy atom. The van der Waals surface area contributed by atoms with E-state index in [1.165, 1.54) is 10.8 Å². The molecule has 1 fully saturated rings. The number of fused-ring (bicyclic) bond motifs is 1. The van der Waals surface area contributed by atoms with Gasteiger partial charge in [-0.2, -0.15) is 0 Å². The predicted molar refractivity (Wildman–Crippen MR) is 70.2 cm³/mol. The van der Waals surface area contributed by atoms with Gasteiger partial charge in [-0.1, -0.05) is 30.3 Å². The van der Waals surface area contributed by atoms with Crippen molar-refractivity contribution >= 4 is 10.8 Å². The summed E-state index contributed by atoms with van der Waals surface area (Å²) in [5, 5.41) is 12.5. The van der Waals surface area contributed by atoms with E-state index in [1.54, 1.807) is 0 Å². The summed E-state index contributed by atoms with van der Waals surface area (Å²) in [6, 6.07) is 12.0. The second-order valence-electron chi connectivity index (χ2n) is 5.00. The van der Waals surface area contributed by atoms with Crippen molar-refractivity contribution in [2.45, 2.75) is 24.7 Å². The van der Waals surface area contributed by atoms with E-state index >= 15 is 0 Å². The first kappa shape index (κ1) is 10.6. The minimum Gasteiger partial charge on any atom is -0.508 e. The molecule has 0 spiro atoms. The quantitative estimate of drug-likeness (QED) is 0.846. The van der Waals surface area contributed by atoms with Crippen LogP contribution in [0.4, 0.5) is 0 Å². The molecule has 0 atom stereocenters. The number of hydrogen-bond acceptors (Lipinski definition) is 2. The van der Waals surface area contributed by atoms with Gasteiger partial charge in [0.15, 0.2) is 0 Å². The highest BCUT2D eigenvalue weighted by molar-refractivity contribution is 5.89. The number of hydrogen-bond donors (Lipinski definition) is 2. The van der Waals surface area contributed by atoms with Crippen molar-refractivity contribution < 1.29 is 5.11 Å². The van der Waals surface area contributed by atoms with Crippen LogP contribution in [0.1, 0.15) is 24.8 Å². The third kappa shape index (κ3) is 1.60. The van der Waals surface area contributed by atoms with Crippen molar-refractivity contribution in [3.05, 3.63) is 42.0 Å². The van der Waals surface area contributed by atoms with Crippen LogP contribution in [0.2, 0.25) is 0 Å². The first-order valence-electron chi connectivity index (χ1n) is 6.18. The maximum absolute atomic E-state index is 10.2. The molecule has 2 aromatic carbocycles. The van der Waals surface area contributed by atoms with Crippen molar-refractivity contribution in [3.8, 4) is 5.75 Å². The average Bonchev–Trinajstić information content (AvgIpc) is 3.10. The lowest BCUT2D eigenvalue weighted by atomic mass is 9.87. The molecule has 3 rings (SSSR count). The Bertz CT molecular complexity index is 558. The number of phenolic OH excluding ortho intramolecular Hbond substituents is 1. The van der Waals surface area contributed by atoms with Crippen LogP contribution in [-0.2, 0) is 5.41 Å². The average molecular weight is 227 g/mol. The molecule has 0 saturated heterocycles. The maximum atomic E-state index is 10.2. The molecule has 3 N–H and O–H groups in total. The molecule has 88 valence electrons. The summed E-state index contributed by atoms with van der Waals surface area (Å²) in [7, 11) is 0. The van der Waals surface area contributed by atoms with Crippen LogP contribution >= 0.6 is 0 Å². The molecule has 1 saturated carbocycles. The summed E-state index contributed by atoms with van der Waals surface area (Å²) in [6.07, 6.45) is 3.26. The number of benzene rings is 2. The molecule has 2 aromatic rings. The highest BCUT2D eigenvalue weighted by Gasteiger charge is 2.45. The summed E-state index contributed by atoms with van der Waals surface area (Å²) in [5.41, 5.74) is 6.96. The van der Waals surface area contributed by atoms with Crippen molar-refractivity contribution in [2.24, 2.45) is 5.73 Å². The Kier molecular flexibility index (Phi) is 2.33. The fourth-order valence-corrected chi connectivity index (χ4v) is 2.87. The minimum absolute atomic E-state index is 0.139. The molecular formula is C15H17NO. The van der Waals surface area contributed by atoms with Crippen molar-refractivity contribution in [1.82, 2.24) is 0 Å². The van der Waals surface area contributed by atoms with Crippen LogP contribution in [0.3, 0.4) is 0 Å². The highest BCUT2D eigenvalue weighted by atomic mass is 16.3. The minimum atomic E-state index is 0.139. The zero-order valence-electron chi connectivity index (χ0n) is 9.82. The zero-order valence-corrected chi connectivity index (χ0v) is 9.82. The molecule has 0 amide bonds.